The predicted molar refractivity (Wildman–Crippen MR) is 96.7 cm³/mol. The van der Waals surface area contributed by atoms with E-state index in [0.29, 0.717) is 12.0 Å². The Morgan fingerprint density at radius 2 is 1.96 bits per heavy atom. The molecule has 0 spiro atoms. The van der Waals surface area contributed by atoms with Crippen molar-refractivity contribution in [3.05, 3.63) is 17.0 Å². The first kappa shape index (κ1) is 17.8. The maximum absolute atomic E-state index is 4.91. The number of guanidine groups is 1. The van der Waals surface area contributed by atoms with Gasteiger partial charge in [0.1, 0.15) is 0 Å². The SMILES string of the molecule is CCNC(=NCc1c(C)nn(C)c1C)N1CCC(CC)(CC)C1. The highest BCUT2D eigenvalue weighted by atomic mass is 15.3. The molecule has 23 heavy (non-hydrogen) atoms. The van der Waals surface area contributed by atoms with Gasteiger partial charge in [0.05, 0.1) is 12.2 Å². The van der Waals surface area contributed by atoms with E-state index >= 15 is 0 Å². The average molecular weight is 319 g/mol. The van der Waals surface area contributed by atoms with Gasteiger partial charge < -0.3 is 10.2 Å². The minimum absolute atomic E-state index is 0.469. The molecule has 1 saturated heterocycles. The Hall–Kier alpha value is -1.52. The van der Waals surface area contributed by atoms with Crippen molar-refractivity contribution in [1.82, 2.24) is 20.0 Å². The second-order valence-electron chi connectivity index (χ2n) is 6.82. The fraction of sp³-hybridized carbons (Fsp3) is 0.778. The van der Waals surface area contributed by atoms with Gasteiger partial charge in [0, 0.05) is 37.9 Å². The van der Waals surface area contributed by atoms with Crippen molar-refractivity contribution in [3.8, 4) is 0 Å². The molecule has 0 aromatic carbocycles. The zero-order valence-electron chi connectivity index (χ0n) is 15.7. The molecule has 2 rings (SSSR count). The first-order chi connectivity index (χ1) is 11.0. The minimum Gasteiger partial charge on any atom is -0.357 e. The van der Waals surface area contributed by atoms with Crippen molar-refractivity contribution >= 4 is 5.96 Å². The van der Waals surface area contributed by atoms with Crippen LogP contribution in [0.2, 0.25) is 0 Å². The van der Waals surface area contributed by atoms with Crippen LogP contribution in [0.5, 0.6) is 0 Å². The van der Waals surface area contributed by atoms with E-state index in [2.05, 4.69) is 49.9 Å². The maximum atomic E-state index is 4.91. The summed E-state index contributed by atoms with van der Waals surface area (Å²) in [6, 6.07) is 0. The first-order valence-corrected chi connectivity index (χ1v) is 8.98. The van der Waals surface area contributed by atoms with E-state index in [1.807, 2.05) is 11.7 Å². The molecule has 1 aliphatic rings. The van der Waals surface area contributed by atoms with E-state index in [1.165, 1.54) is 30.5 Å². The molecule has 0 saturated carbocycles. The van der Waals surface area contributed by atoms with Crippen molar-refractivity contribution < 1.29 is 0 Å². The summed E-state index contributed by atoms with van der Waals surface area (Å²) in [5, 5.41) is 7.97. The van der Waals surface area contributed by atoms with Crippen LogP contribution in [0.25, 0.3) is 0 Å². The lowest BCUT2D eigenvalue weighted by molar-refractivity contribution is 0.276. The summed E-state index contributed by atoms with van der Waals surface area (Å²) in [4.78, 5) is 7.35. The number of aromatic nitrogens is 2. The van der Waals surface area contributed by atoms with E-state index in [4.69, 9.17) is 4.99 Å². The lowest BCUT2D eigenvalue weighted by atomic mass is 9.82. The first-order valence-electron chi connectivity index (χ1n) is 8.98. The van der Waals surface area contributed by atoms with Crippen LogP contribution in [0.1, 0.15) is 57.0 Å². The second-order valence-corrected chi connectivity index (χ2v) is 6.82. The Bertz CT molecular complexity index is 554. The Balaban J connectivity index is 2.15. The molecule has 1 aromatic heterocycles. The van der Waals surface area contributed by atoms with Crippen LogP contribution in [0.3, 0.4) is 0 Å². The molecule has 5 nitrogen and oxygen atoms in total. The highest BCUT2D eigenvalue weighted by molar-refractivity contribution is 5.80. The fourth-order valence-electron chi connectivity index (χ4n) is 3.57. The number of rotatable bonds is 5. The lowest BCUT2D eigenvalue weighted by Gasteiger charge is -2.28. The number of aliphatic imine (C=N–C) groups is 1. The number of hydrogen-bond donors (Lipinski definition) is 1. The summed E-state index contributed by atoms with van der Waals surface area (Å²) >= 11 is 0. The van der Waals surface area contributed by atoms with Crippen LogP contribution in [0.4, 0.5) is 0 Å². The summed E-state index contributed by atoms with van der Waals surface area (Å²) < 4.78 is 1.95. The molecule has 2 heterocycles. The van der Waals surface area contributed by atoms with Gasteiger partial charge in [0.2, 0.25) is 0 Å². The number of aryl methyl sites for hydroxylation is 2. The van der Waals surface area contributed by atoms with Gasteiger partial charge in [0.15, 0.2) is 5.96 Å². The van der Waals surface area contributed by atoms with Crippen LogP contribution < -0.4 is 5.32 Å². The van der Waals surface area contributed by atoms with Crippen molar-refractivity contribution in [2.45, 2.75) is 60.4 Å². The molecule has 0 bridgehead atoms. The third kappa shape index (κ3) is 3.70. The zero-order valence-corrected chi connectivity index (χ0v) is 15.7. The van der Waals surface area contributed by atoms with Gasteiger partial charge in [-0.15, -0.1) is 0 Å². The van der Waals surface area contributed by atoms with Crippen LogP contribution in [-0.2, 0) is 13.6 Å². The monoisotopic (exact) mass is 319 g/mol. The fourth-order valence-corrected chi connectivity index (χ4v) is 3.57. The molecule has 0 amide bonds. The standard InChI is InChI=1S/C18H33N5/c1-7-18(8-2)10-11-23(13-18)17(19-9-3)20-12-16-14(4)21-22(6)15(16)5/h7-13H2,1-6H3,(H,19,20). The van der Waals surface area contributed by atoms with Crippen LogP contribution in [0.15, 0.2) is 4.99 Å². The molecular formula is C18H33N5. The molecule has 1 N–H and O–H groups in total. The van der Waals surface area contributed by atoms with Crippen LogP contribution in [-0.4, -0.2) is 40.3 Å². The van der Waals surface area contributed by atoms with E-state index in [9.17, 15) is 0 Å². The molecule has 1 fully saturated rings. The van der Waals surface area contributed by atoms with Crippen molar-refractivity contribution in [3.63, 3.8) is 0 Å². The topological polar surface area (TPSA) is 45.5 Å². The van der Waals surface area contributed by atoms with Crippen molar-refractivity contribution in [1.29, 1.82) is 0 Å². The Labute approximate surface area is 141 Å². The Kier molecular flexibility index (Phi) is 5.71. The Morgan fingerprint density at radius 3 is 2.43 bits per heavy atom. The number of nitrogens with one attached hydrogen (secondary N) is 1. The van der Waals surface area contributed by atoms with E-state index in [1.54, 1.807) is 0 Å². The number of likely N-dealkylation sites (tertiary alicyclic amines) is 1. The van der Waals surface area contributed by atoms with Crippen LogP contribution >= 0.6 is 0 Å². The van der Waals surface area contributed by atoms with Crippen molar-refractivity contribution in [2.24, 2.45) is 17.5 Å². The lowest BCUT2D eigenvalue weighted by Crippen LogP contribution is -2.41. The molecule has 5 heteroatoms. The van der Waals surface area contributed by atoms with Gasteiger partial charge in [-0.2, -0.15) is 5.10 Å². The van der Waals surface area contributed by atoms with Gasteiger partial charge in [-0.3, -0.25) is 4.68 Å². The molecule has 0 aliphatic carbocycles. The van der Waals surface area contributed by atoms with Crippen molar-refractivity contribution in [2.75, 3.05) is 19.6 Å². The quantitative estimate of drug-likeness (QED) is 0.670. The summed E-state index contributed by atoms with van der Waals surface area (Å²) in [5.74, 6) is 1.05. The third-order valence-electron chi connectivity index (χ3n) is 5.62. The highest BCUT2D eigenvalue weighted by Crippen LogP contribution is 2.36. The second kappa shape index (κ2) is 7.37. The smallest absolute Gasteiger partial charge is 0.194 e. The molecule has 130 valence electrons. The molecule has 0 atom stereocenters. The molecule has 1 aromatic rings. The average Bonchev–Trinajstić information content (AvgIpc) is 3.08. The molecule has 0 unspecified atom stereocenters. The van der Waals surface area contributed by atoms with Gasteiger partial charge in [-0.25, -0.2) is 4.99 Å². The zero-order chi connectivity index (χ0) is 17.0. The summed E-state index contributed by atoms with van der Waals surface area (Å²) in [5.41, 5.74) is 4.01. The largest absolute Gasteiger partial charge is 0.357 e. The summed E-state index contributed by atoms with van der Waals surface area (Å²) in [6.07, 6.45) is 3.77. The minimum atomic E-state index is 0.469. The van der Waals surface area contributed by atoms with Crippen LogP contribution in [0, 0.1) is 19.3 Å². The predicted octanol–water partition coefficient (Wildman–Crippen LogP) is 3.01. The summed E-state index contributed by atoms with van der Waals surface area (Å²) in [7, 11) is 2.00. The normalized spacial score (nSPS) is 17.8. The van der Waals surface area contributed by atoms with Gasteiger partial charge in [-0.1, -0.05) is 13.8 Å². The molecular weight excluding hydrogens is 286 g/mol. The van der Waals surface area contributed by atoms with Gasteiger partial charge >= 0.3 is 0 Å². The Morgan fingerprint density at radius 1 is 1.26 bits per heavy atom. The maximum Gasteiger partial charge on any atom is 0.194 e. The summed E-state index contributed by atoms with van der Waals surface area (Å²) in [6.45, 7) is 14.8. The highest BCUT2D eigenvalue weighted by Gasteiger charge is 2.36. The number of nitrogens with zero attached hydrogens (tertiary/aromatic N) is 4. The van der Waals surface area contributed by atoms with Gasteiger partial charge in [0.25, 0.3) is 0 Å². The molecule has 1 aliphatic heterocycles. The van der Waals surface area contributed by atoms with E-state index in [0.717, 1.165) is 31.3 Å². The third-order valence-corrected chi connectivity index (χ3v) is 5.62. The number of hydrogen-bond acceptors (Lipinski definition) is 2. The van der Waals surface area contributed by atoms with Gasteiger partial charge in [-0.05, 0) is 45.4 Å². The van der Waals surface area contributed by atoms with E-state index < -0.39 is 0 Å². The van der Waals surface area contributed by atoms with E-state index in [-0.39, 0.29) is 0 Å². The molecule has 0 radical (unpaired) electrons.